The lowest BCUT2D eigenvalue weighted by atomic mass is 9.98. The van der Waals surface area contributed by atoms with E-state index in [1.54, 1.807) is 13.8 Å². The number of benzene rings is 2. The molecule has 0 N–H and O–H groups in total. The van der Waals surface area contributed by atoms with Crippen LogP contribution in [0.1, 0.15) is 45.7 Å². The number of rotatable bonds is 6. The molecule has 0 unspecified atom stereocenters. The smallest absolute Gasteiger partial charge is 0.189 e. The zero-order valence-electron chi connectivity index (χ0n) is 14.2. The van der Waals surface area contributed by atoms with Crippen LogP contribution in [-0.4, -0.2) is 11.6 Å². The van der Waals surface area contributed by atoms with Gasteiger partial charge in [-0.05, 0) is 66.8 Å². The van der Waals surface area contributed by atoms with Crippen LogP contribution >= 0.6 is 31.9 Å². The second kappa shape index (κ2) is 8.07. The molecule has 2 rings (SSSR count). The summed E-state index contributed by atoms with van der Waals surface area (Å²) in [6.45, 7) is 10.8. The van der Waals surface area contributed by atoms with Crippen molar-refractivity contribution in [3.63, 3.8) is 0 Å². The van der Waals surface area contributed by atoms with Crippen LogP contribution in [0, 0.1) is 0 Å². The van der Waals surface area contributed by atoms with Gasteiger partial charge in [-0.2, -0.15) is 0 Å². The third kappa shape index (κ3) is 4.65. The summed E-state index contributed by atoms with van der Waals surface area (Å²) in [4.78, 5) is 24.1. The summed E-state index contributed by atoms with van der Waals surface area (Å²) in [6, 6.07) is 11.4. The minimum Gasteiger partial charge on any atom is -0.289 e. The molecule has 0 atom stereocenters. The van der Waals surface area contributed by atoms with E-state index in [0.717, 1.165) is 20.1 Å². The molecular weight excluding hydrogens is 444 g/mol. The van der Waals surface area contributed by atoms with E-state index < -0.39 is 0 Å². The first-order chi connectivity index (χ1) is 11.7. The van der Waals surface area contributed by atoms with Gasteiger partial charge in [0.05, 0.1) is 0 Å². The highest BCUT2D eigenvalue weighted by Gasteiger charge is 2.13. The summed E-state index contributed by atoms with van der Waals surface area (Å²) >= 11 is 6.93. The van der Waals surface area contributed by atoms with Gasteiger partial charge in [0.25, 0.3) is 0 Å². The number of Topliss-reactive ketones (excluding diaryl/α,β-unsaturated/α-hetero) is 2. The number of carbonyl (C=O) groups excluding carboxylic acids is 2. The SMILES string of the molecule is C=C(C)C(=O)c1ccc(Cc2ccc(C(=O)C(=C)C)c(Br)c2)cc1Br. The standard InChI is InChI=1S/C21H18Br2O2/c1-12(2)20(24)16-7-5-14(10-18(16)22)9-15-6-8-17(19(23)11-15)21(25)13(3)4/h5-8,10-11H,1,3,9H2,2,4H3. The topological polar surface area (TPSA) is 34.1 Å². The molecule has 0 saturated carbocycles. The predicted molar refractivity (Wildman–Crippen MR) is 109 cm³/mol. The Morgan fingerprint density at radius 3 is 1.44 bits per heavy atom. The maximum Gasteiger partial charge on any atom is 0.189 e. The lowest BCUT2D eigenvalue weighted by Crippen LogP contribution is -2.02. The molecule has 2 nitrogen and oxygen atoms in total. The Bertz CT molecular complexity index is 821. The maximum absolute atomic E-state index is 12.1. The van der Waals surface area contributed by atoms with Crippen LogP contribution in [-0.2, 0) is 6.42 Å². The van der Waals surface area contributed by atoms with Crippen LogP contribution in [0.3, 0.4) is 0 Å². The van der Waals surface area contributed by atoms with E-state index in [9.17, 15) is 9.59 Å². The first-order valence-corrected chi connectivity index (χ1v) is 9.26. The number of hydrogen-bond acceptors (Lipinski definition) is 2. The van der Waals surface area contributed by atoms with E-state index in [4.69, 9.17) is 0 Å². The summed E-state index contributed by atoms with van der Waals surface area (Å²) in [6.07, 6.45) is 0.695. The monoisotopic (exact) mass is 460 g/mol. The molecule has 0 aliphatic heterocycles. The summed E-state index contributed by atoms with van der Waals surface area (Å²) < 4.78 is 1.51. The largest absolute Gasteiger partial charge is 0.289 e. The second-order valence-electron chi connectivity index (χ2n) is 6.02. The highest BCUT2D eigenvalue weighted by atomic mass is 79.9. The van der Waals surface area contributed by atoms with Crippen molar-refractivity contribution in [1.29, 1.82) is 0 Å². The van der Waals surface area contributed by atoms with Gasteiger partial charge in [0.1, 0.15) is 0 Å². The van der Waals surface area contributed by atoms with Gasteiger partial charge in [-0.15, -0.1) is 0 Å². The summed E-state index contributed by atoms with van der Waals surface area (Å²) in [5, 5.41) is 0. The lowest BCUT2D eigenvalue weighted by Gasteiger charge is -2.09. The van der Waals surface area contributed by atoms with Gasteiger partial charge >= 0.3 is 0 Å². The minimum atomic E-state index is -0.0659. The molecule has 25 heavy (non-hydrogen) atoms. The number of allylic oxidation sites excluding steroid dienone is 2. The fourth-order valence-corrected chi connectivity index (χ4v) is 3.61. The van der Waals surface area contributed by atoms with Crippen LogP contribution in [0.25, 0.3) is 0 Å². The number of hydrogen-bond donors (Lipinski definition) is 0. The molecule has 0 radical (unpaired) electrons. The van der Waals surface area contributed by atoms with Gasteiger partial charge in [-0.1, -0.05) is 57.2 Å². The lowest BCUT2D eigenvalue weighted by molar-refractivity contribution is 0.102. The van der Waals surface area contributed by atoms with E-state index in [1.165, 1.54) is 0 Å². The molecular formula is C21H18Br2O2. The molecule has 0 spiro atoms. The van der Waals surface area contributed by atoms with E-state index in [-0.39, 0.29) is 11.6 Å². The van der Waals surface area contributed by atoms with Crippen molar-refractivity contribution >= 4 is 43.4 Å². The van der Waals surface area contributed by atoms with Gasteiger partial charge in [-0.3, -0.25) is 9.59 Å². The summed E-state index contributed by atoms with van der Waals surface area (Å²) in [5.74, 6) is -0.132. The van der Waals surface area contributed by atoms with Gasteiger partial charge in [0, 0.05) is 20.1 Å². The highest BCUT2D eigenvalue weighted by molar-refractivity contribution is 9.10. The van der Waals surface area contributed by atoms with E-state index >= 15 is 0 Å². The Morgan fingerprint density at radius 1 is 0.800 bits per heavy atom. The second-order valence-corrected chi connectivity index (χ2v) is 7.73. The van der Waals surface area contributed by atoms with Crippen LogP contribution < -0.4 is 0 Å². The van der Waals surface area contributed by atoms with E-state index in [1.807, 2.05) is 36.4 Å². The summed E-state index contributed by atoms with van der Waals surface area (Å²) in [7, 11) is 0. The molecule has 128 valence electrons. The van der Waals surface area contributed by atoms with Crippen molar-refractivity contribution < 1.29 is 9.59 Å². The molecule has 0 saturated heterocycles. The average molecular weight is 462 g/mol. The Kier molecular flexibility index (Phi) is 6.31. The molecule has 0 bridgehead atoms. The minimum absolute atomic E-state index is 0.0659. The van der Waals surface area contributed by atoms with Crippen molar-refractivity contribution in [2.45, 2.75) is 20.3 Å². The van der Waals surface area contributed by atoms with Gasteiger partial charge in [-0.25, -0.2) is 0 Å². The molecule has 0 amide bonds. The number of carbonyl (C=O) groups is 2. The Balaban J connectivity index is 2.26. The Morgan fingerprint density at radius 2 is 1.16 bits per heavy atom. The number of ketones is 2. The zero-order valence-corrected chi connectivity index (χ0v) is 17.3. The number of halogens is 2. The third-order valence-corrected chi connectivity index (χ3v) is 5.05. The van der Waals surface area contributed by atoms with Crippen molar-refractivity contribution in [1.82, 2.24) is 0 Å². The van der Waals surface area contributed by atoms with Gasteiger partial charge < -0.3 is 0 Å². The zero-order chi connectivity index (χ0) is 18.7. The summed E-state index contributed by atoms with van der Waals surface area (Å²) in [5.41, 5.74) is 4.37. The molecule has 2 aromatic rings. The molecule has 0 aliphatic carbocycles. The van der Waals surface area contributed by atoms with Crippen LogP contribution in [0.15, 0.2) is 69.6 Å². The molecule has 0 heterocycles. The van der Waals surface area contributed by atoms with Gasteiger partial charge in [0.2, 0.25) is 0 Å². The Labute approximate surface area is 164 Å². The van der Waals surface area contributed by atoms with Crippen LogP contribution in [0.2, 0.25) is 0 Å². The van der Waals surface area contributed by atoms with Crippen molar-refractivity contribution in [2.24, 2.45) is 0 Å². The quantitative estimate of drug-likeness (QED) is 0.372. The molecule has 2 aromatic carbocycles. The van der Waals surface area contributed by atoms with Crippen LogP contribution in [0.4, 0.5) is 0 Å². The highest BCUT2D eigenvalue weighted by Crippen LogP contribution is 2.25. The predicted octanol–water partition coefficient (Wildman–Crippen LogP) is 6.32. The molecule has 0 aliphatic rings. The Hall–Kier alpha value is -1.78. The fraction of sp³-hybridized carbons (Fsp3) is 0.143. The third-order valence-electron chi connectivity index (χ3n) is 3.74. The van der Waals surface area contributed by atoms with E-state index in [2.05, 4.69) is 45.0 Å². The van der Waals surface area contributed by atoms with E-state index in [0.29, 0.717) is 28.7 Å². The van der Waals surface area contributed by atoms with Crippen LogP contribution in [0.5, 0.6) is 0 Å². The fourth-order valence-electron chi connectivity index (χ4n) is 2.40. The molecule has 0 fully saturated rings. The van der Waals surface area contributed by atoms with Crippen molar-refractivity contribution in [3.05, 3.63) is 91.9 Å². The van der Waals surface area contributed by atoms with Crippen molar-refractivity contribution in [2.75, 3.05) is 0 Å². The van der Waals surface area contributed by atoms with Crippen molar-refractivity contribution in [3.8, 4) is 0 Å². The first kappa shape index (κ1) is 19.5. The maximum atomic E-state index is 12.1. The molecule has 4 heteroatoms. The first-order valence-electron chi connectivity index (χ1n) is 7.68. The van der Waals surface area contributed by atoms with Gasteiger partial charge in [0.15, 0.2) is 11.6 Å². The average Bonchev–Trinajstić information content (AvgIpc) is 2.53. The normalized spacial score (nSPS) is 10.4. The molecule has 0 aromatic heterocycles.